The van der Waals surface area contributed by atoms with Crippen LogP contribution < -0.4 is 21.3 Å². The van der Waals surface area contributed by atoms with Gasteiger partial charge >= 0.3 is 0 Å². The number of fused-ring (bicyclic) bond motifs is 1. The summed E-state index contributed by atoms with van der Waals surface area (Å²) in [5, 5.41) is 6.10. The summed E-state index contributed by atoms with van der Waals surface area (Å²) in [6, 6.07) is 3.32. The van der Waals surface area contributed by atoms with Crippen molar-refractivity contribution in [3.8, 4) is 0 Å². The van der Waals surface area contributed by atoms with Gasteiger partial charge in [0.05, 0.1) is 11.1 Å². The van der Waals surface area contributed by atoms with E-state index in [0.717, 1.165) is 23.3 Å². The molecule has 1 aliphatic heterocycles. The van der Waals surface area contributed by atoms with Gasteiger partial charge in [-0.1, -0.05) is 0 Å². The highest BCUT2D eigenvalue weighted by Crippen LogP contribution is 2.26. The minimum absolute atomic E-state index is 0.0267. The molecule has 4 rings (SSSR count). The molecule has 1 saturated heterocycles. The van der Waals surface area contributed by atoms with Crippen LogP contribution in [0.1, 0.15) is 16.8 Å². The molecule has 0 saturated carbocycles. The molecule has 4 heterocycles. The molecule has 1 atom stereocenters. The van der Waals surface area contributed by atoms with E-state index in [0.29, 0.717) is 29.7 Å². The zero-order valence-electron chi connectivity index (χ0n) is 14.1. The Morgan fingerprint density at radius 1 is 1.35 bits per heavy atom. The van der Waals surface area contributed by atoms with Crippen molar-refractivity contribution in [2.45, 2.75) is 12.5 Å². The van der Waals surface area contributed by atoms with Crippen LogP contribution in [0, 0.1) is 0 Å². The van der Waals surface area contributed by atoms with Crippen molar-refractivity contribution in [3.05, 3.63) is 29.4 Å². The average molecular weight is 370 g/mol. The van der Waals surface area contributed by atoms with Gasteiger partial charge in [-0.05, 0) is 18.6 Å². The number of nitrogens with one attached hydrogen (secondary N) is 2. The molecule has 0 radical (unpaired) electrons. The number of hydrogen-bond donors (Lipinski definition) is 3. The van der Waals surface area contributed by atoms with Crippen LogP contribution >= 0.6 is 11.3 Å². The number of nitrogens with zero attached hydrogens (tertiary/aromatic N) is 5. The Hall–Kier alpha value is -3.01. The number of thiazole rings is 1. The van der Waals surface area contributed by atoms with Crippen LogP contribution in [0.5, 0.6) is 0 Å². The molecular weight excluding hydrogens is 352 g/mol. The van der Waals surface area contributed by atoms with Gasteiger partial charge in [0, 0.05) is 32.4 Å². The minimum atomic E-state index is -0.154. The third-order valence-electron chi connectivity index (χ3n) is 4.28. The summed E-state index contributed by atoms with van der Waals surface area (Å²) in [5.74, 6) is 1.60. The van der Waals surface area contributed by atoms with E-state index in [1.54, 1.807) is 17.6 Å². The Balaban J connectivity index is 1.46. The van der Waals surface area contributed by atoms with Gasteiger partial charge in [0.25, 0.3) is 5.91 Å². The van der Waals surface area contributed by atoms with E-state index in [4.69, 9.17) is 5.73 Å². The third kappa shape index (κ3) is 3.10. The predicted octanol–water partition coefficient (Wildman–Crippen LogP) is 1.11. The summed E-state index contributed by atoms with van der Waals surface area (Å²) in [5.41, 5.74) is 8.59. The summed E-state index contributed by atoms with van der Waals surface area (Å²) in [4.78, 5) is 32.7. The third-order valence-corrected chi connectivity index (χ3v) is 5.00. The molecule has 9 nitrogen and oxygen atoms in total. The Morgan fingerprint density at radius 2 is 2.23 bits per heavy atom. The number of amides is 1. The van der Waals surface area contributed by atoms with E-state index in [9.17, 15) is 4.79 Å². The lowest BCUT2D eigenvalue weighted by molar-refractivity contribution is 0.0940. The van der Waals surface area contributed by atoms with Crippen LogP contribution in [-0.2, 0) is 0 Å². The molecular formula is C16H18N8OS. The molecule has 4 N–H and O–H groups in total. The van der Waals surface area contributed by atoms with Gasteiger partial charge in [0.15, 0.2) is 10.6 Å². The van der Waals surface area contributed by atoms with Gasteiger partial charge in [0.1, 0.15) is 11.3 Å². The number of nitrogen functional groups attached to an aromatic ring is 1. The number of rotatable bonds is 4. The fourth-order valence-corrected chi connectivity index (χ4v) is 3.59. The first-order valence-electron chi connectivity index (χ1n) is 8.20. The number of pyridine rings is 1. The number of hydrogen-bond acceptors (Lipinski definition) is 9. The molecule has 10 heteroatoms. The highest BCUT2D eigenvalue weighted by atomic mass is 32.1. The van der Waals surface area contributed by atoms with E-state index in [-0.39, 0.29) is 11.9 Å². The summed E-state index contributed by atoms with van der Waals surface area (Å²) < 4.78 is 0. The lowest BCUT2D eigenvalue weighted by Crippen LogP contribution is -2.37. The Bertz CT molecular complexity index is 941. The van der Waals surface area contributed by atoms with Crippen LogP contribution in [-0.4, -0.2) is 52.0 Å². The quantitative estimate of drug-likeness (QED) is 0.624. The molecule has 0 aromatic carbocycles. The van der Waals surface area contributed by atoms with Crippen LogP contribution in [0.15, 0.2) is 23.8 Å². The SMILES string of the molecule is CNc1nc(N2CCC(NC(=O)c3ccc(N)nc3)C2)nc2scnc12. The molecule has 0 aliphatic carbocycles. The Labute approximate surface area is 153 Å². The van der Waals surface area contributed by atoms with E-state index < -0.39 is 0 Å². The minimum Gasteiger partial charge on any atom is -0.384 e. The first-order valence-corrected chi connectivity index (χ1v) is 9.08. The van der Waals surface area contributed by atoms with Crippen LogP contribution in [0.3, 0.4) is 0 Å². The summed E-state index contributed by atoms with van der Waals surface area (Å²) in [6.07, 6.45) is 2.31. The standard InChI is InChI=1S/C16H18N8OS/c1-18-13-12-15(26-8-20-12)23-16(22-13)24-5-4-10(7-24)21-14(25)9-2-3-11(17)19-6-9/h2-3,6,8,10H,4-5,7H2,1H3,(H2,17,19)(H,21,25)(H,18,22,23). The topological polar surface area (TPSA) is 122 Å². The largest absolute Gasteiger partial charge is 0.384 e. The maximum atomic E-state index is 12.3. The fourth-order valence-electron chi connectivity index (χ4n) is 2.93. The average Bonchev–Trinajstić information content (AvgIpc) is 3.30. The zero-order chi connectivity index (χ0) is 18.1. The van der Waals surface area contributed by atoms with Gasteiger partial charge < -0.3 is 21.3 Å². The van der Waals surface area contributed by atoms with Gasteiger partial charge in [-0.15, -0.1) is 11.3 Å². The number of nitrogens with two attached hydrogens (primary N) is 1. The Morgan fingerprint density at radius 3 is 3.00 bits per heavy atom. The molecule has 1 unspecified atom stereocenters. The van der Waals surface area contributed by atoms with Crippen molar-refractivity contribution < 1.29 is 4.79 Å². The van der Waals surface area contributed by atoms with E-state index in [1.807, 2.05) is 7.05 Å². The normalized spacial score (nSPS) is 16.8. The van der Waals surface area contributed by atoms with E-state index in [1.165, 1.54) is 17.5 Å². The van der Waals surface area contributed by atoms with Crippen molar-refractivity contribution >= 4 is 45.2 Å². The second-order valence-electron chi connectivity index (χ2n) is 6.01. The molecule has 0 spiro atoms. The molecule has 3 aromatic rings. The zero-order valence-corrected chi connectivity index (χ0v) is 15.0. The number of carbonyl (C=O) groups excluding carboxylic acids is 1. The van der Waals surface area contributed by atoms with E-state index in [2.05, 4.69) is 35.5 Å². The number of anilines is 3. The van der Waals surface area contributed by atoms with Gasteiger partial charge in [-0.25, -0.2) is 9.97 Å². The lowest BCUT2D eigenvalue weighted by atomic mass is 10.2. The lowest BCUT2D eigenvalue weighted by Gasteiger charge is -2.17. The second kappa shape index (κ2) is 6.71. The smallest absolute Gasteiger partial charge is 0.253 e. The van der Waals surface area contributed by atoms with Crippen LogP contribution in [0.4, 0.5) is 17.6 Å². The first kappa shape index (κ1) is 16.5. The summed E-state index contributed by atoms with van der Waals surface area (Å²) in [7, 11) is 1.82. The number of aromatic nitrogens is 4. The van der Waals surface area contributed by atoms with Gasteiger partial charge in [-0.3, -0.25) is 4.79 Å². The molecule has 3 aromatic heterocycles. The van der Waals surface area contributed by atoms with E-state index >= 15 is 0 Å². The van der Waals surface area contributed by atoms with Crippen LogP contribution in [0.25, 0.3) is 10.3 Å². The van der Waals surface area contributed by atoms with Gasteiger partial charge in [0.2, 0.25) is 5.95 Å². The maximum absolute atomic E-state index is 12.3. The fraction of sp³-hybridized carbons (Fsp3) is 0.312. The maximum Gasteiger partial charge on any atom is 0.253 e. The highest BCUT2D eigenvalue weighted by Gasteiger charge is 2.27. The molecule has 134 valence electrons. The second-order valence-corrected chi connectivity index (χ2v) is 6.84. The van der Waals surface area contributed by atoms with Crippen molar-refractivity contribution in [2.24, 2.45) is 0 Å². The predicted molar refractivity (Wildman–Crippen MR) is 101 cm³/mol. The summed E-state index contributed by atoms with van der Waals surface area (Å²) in [6.45, 7) is 1.43. The van der Waals surface area contributed by atoms with Crippen molar-refractivity contribution in [1.82, 2.24) is 25.3 Å². The van der Waals surface area contributed by atoms with Crippen molar-refractivity contribution in [2.75, 3.05) is 36.1 Å². The van der Waals surface area contributed by atoms with Crippen LogP contribution in [0.2, 0.25) is 0 Å². The monoisotopic (exact) mass is 370 g/mol. The molecule has 0 bridgehead atoms. The van der Waals surface area contributed by atoms with Crippen molar-refractivity contribution in [3.63, 3.8) is 0 Å². The van der Waals surface area contributed by atoms with Crippen molar-refractivity contribution in [1.29, 1.82) is 0 Å². The van der Waals surface area contributed by atoms with Gasteiger partial charge in [-0.2, -0.15) is 9.97 Å². The molecule has 1 amide bonds. The summed E-state index contributed by atoms with van der Waals surface area (Å²) >= 11 is 1.48. The Kier molecular flexibility index (Phi) is 4.25. The highest BCUT2D eigenvalue weighted by molar-refractivity contribution is 7.16. The molecule has 1 fully saturated rings. The molecule has 1 aliphatic rings. The molecule has 26 heavy (non-hydrogen) atoms. The first-order chi connectivity index (χ1) is 12.6. The number of carbonyl (C=O) groups is 1.